The second-order valence-corrected chi connectivity index (χ2v) is 9.46. The summed E-state index contributed by atoms with van der Waals surface area (Å²) in [4.78, 5) is 15.0. The highest BCUT2D eigenvalue weighted by atomic mass is 32.1. The smallest absolute Gasteiger partial charge is 0.288 e. The van der Waals surface area contributed by atoms with Crippen LogP contribution in [0, 0.1) is 18.7 Å². The molecule has 2 saturated carbocycles. The maximum atomic E-state index is 12.2. The van der Waals surface area contributed by atoms with Gasteiger partial charge in [0.15, 0.2) is 0 Å². The molecular weight excluding hydrogens is 420 g/mol. The molecule has 7 heteroatoms. The van der Waals surface area contributed by atoms with Gasteiger partial charge in [0, 0.05) is 29.8 Å². The van der Waals surface area contributed by atoms with Crippen LogP contribution in [0.3, 0.4) is 0 Å². The summed E-state index contributed by atoms with van der Waals surface area (Å²) in [6.07, 6.45) is 4.54. The molecule has 1 amide bonds. The lowest BCUT2D eigenvalue weighted by molar-refractivity contribution is 0.0951. The Morgan fingerprint density at radius 1 is 1.12 bits per heavy atom. The second kappa shape index (κ2) is 8.64. The summed E-state index contributed by atoms with van der Waals surface area (Å²) in [5.74, 6) is 0.578. The van der Waals surface area contributed by atoms with E-state index in [-0.39, 0.29) is 5.91 Å². The minimum atomic E-state index is 0.0194. The third kappa shape index (κ3) is 5.00. The summed E-state index contributed by atoms with van der Waals surface area (Å²) >= 11 is 5.48. The number of amides is 1. The number of aromatic nitrogens is 2. The molecule has 2 aliphatic carbocycles. The third-order valence-electron chi connectivity index (χ3n) is 5.97. The number of nitrogens with zero attached hydrogens (tertiary/aromatic N) is 3. The van der Waals surface area contributed by atoms with Gasteiger partial charge >= 0.3 is 0 Å². The molecule has 2 aliphatic rings. The molecule has 1 aromatic heterocycles. The van der Waals surface area contributed by atoms with Crippen molar-refractivity contribution >= 4 is 18.1 Å². The molecule has 2 aromatic carbocycles. The number of hydrogen-bond acceptors (Lipinski definition) is 5. The summed E-state index contributed by atoms with van der Waals surface area (Å²) in [5.41, 5.74) is 5.18. The van der Waals surface area contributed by atoms with Crippen LogP contribution in [-0.4, -0.2) is 32.7 Å². The zero-order chi connectivity index (χ0) is 22.2. The van der Waals surface area contributed by atoms with E-state index in [1.807, 2.05) is 24.3 Å². The standard InChI is InChI=1S/C25H28N4O2S/c1-16-11-17(2)13-20(12-16)24-27-29(25(32)31-24)15-28(22-9-10-22)14-18-3-5-19(6-4-18)23(30)26-21-7-8-21/h3-6,11-13,21-22H,7-10,14-15H2,1-2H3,(H,26,30). The van der Waals surface area contributed by atoms with Crippen LogP contribution in [0.2, 0.25) is 0 Å². The van der Waals surface area contributed by atoms with Gasteiger partial charge in [-0.1, -0.05) is 29.3 Å². The zero-order valence-electron chi connectivity index (χ0n) is 18.5. The maximum Gasteiger partial charge on any atom is 0.288 e. The Morgan fingerprint density at radius 2 is 1.81 bits per heavy atom. The summed E-state index contributed by atoms with van der Waals surface area (Å²) in [6, 6.07) is 15.1. The number of benzene rings is 2. The van der Waals surface area contributed by atoms with E-state index >= 15 is 0 Å². The van der Waals surface area contributed by atoms with E-state index in [0.717, 1.165) is 30.5 Å². The van der Waals surface area contributed by atoms with Gasteiger partial charge in [0.1, 0.15) is 0 Å². The van der Waals surface area contributed by atoms with Crippen molar-refractivity contribution in [2.75, 3.05) is 0 Å². The second-order valence-electron chi connectivity index (χ2n) is 9.11. The Hall–Kier alpha value is -2.77. The molecule has 0 atom stereocenters. The first kappa shape index (κ1) is 21.1. The van der Waals surface area contributed by atoms with Gasteiger partial charge in [0.25, 0.3) is 10.7 Å². The summed E-state index contributed by atoms with van der Waals surface area (Å²) in [7, 11) is 0. The Morgan fingerprint density at radius 3 is 2.44 bits per heavy atom. The molecule has 0 radical (unpaired) electrons. The highest BCUT2D eigenvalue weighted by Gasteiger charge is 2.30. The van der Waals surface area contributed by atoms with Crippen LogP contribution in [0.5, 0.6) is 0 Å². The van der Waals surface area contributed by atoms with Crippen LogP contribution >= 0.6 is 12.2 Å². The van der Waals surface area contributed by atoms with Gasteiger partial charge < -0.3 is 9.73 Å². The van der Waals surface area contributed by atoms with Crippen LogP contribution in [0.1, 0.15) is 52.7 Å². The molecule has 166 valence electrons. The monoisotopic (exact) mass is 448 g/mol. The van der Waals surface area contributed by atoms with Crippen LogP contribution in [0.4, 0.5) is 0 Å². The van der Waals surface area contributed by atoms with Gasteiger partial charge in [-0.25, -0.2) is 4.68 Å². The van der Waals surface area contributed by atoms with Crippen LogP contribution in [-0.2, 0) is 13.2 Å². The van der Waals surface area contributed by atoms with Crippen molar-refractivity contribution in [1.82, 2.24) is 20.0 Å². The lowest BCUT2D eigenvalue weighted by Gasteiger charge is -2.21. The van der Waals surface area contributed by atoms with Gasteiger partial charge in [-0.2, -0.15) is 0 Å². The van der Waals surface area contributed by atoms with Crippen molar-refractivity contribution in [2.45, 2.75) is 64.8 Å². The Labute approximate surface area is 193 Å². The van der Waals surface area contributed by atoms with Crippen molar-refractivity contribution in [1.29, 1.82) is 0 Å². The van der Waals surface area contributed by atoms with Crippen molar-refractivity contribution in [3.8, 4) is 11.5 Å². The lowest BCUT2D eigenvalue weighted by Crippen LogP contribution is -2.29. The summed E-state index contributed by atoms with van der Waals surface area (Å²) in [6.45, 7) is 5.50. The minimum Gasteiger partial charge on any atom is -0.409 e. The molecule has 0 aliphatic heterocycles. The van der Waals surface area contributed by atoms with E-state index in [2.05, 4.69) is 47.4 Å². The van der Waals surface area contributed by atoms with Crippen molar-refractivity contribution < 1.29 is 9.21 Å². The average Bonchev–Trinajstić information content (AvgIpc) is 3.67. The quantitative estimate of drug-likeness (QED) is 0.491. The third-order valence-corrected chi connectivity index (χ3v) is 6.26. The van der Waals surface area contributed by atoms with Gasteiger partial charge in [-0.05, 0) is 81.6 Å². The average molecular weight is 449 g/mol. The van der Waals surface area contributed by atoms with E-state index in [9.17, 15) is 4.79 Å². The fourth-order valence-electron chi connectivity index (χ4n) is 4.01. The molecule has 0 spiro atoms. The molecule has 5 rings (SSSR count). The molecule has 0 unspecified atom stereocenters. The van der Waals surface area contributed by atoms with Gasteiger partial charge in [-0.15, -0.1) is 5.10 Å². The summed E-state index contributed by atoms with van der Waals surface area (Å²) in [5, 5.41) is 7.71. The fourth-order valence-corrected chi connectivity index (χ4v) is 4.19. The van der Waals surface area contributed by atoms with Crippen molar-refractivity contribution in [2.24, 2.45) is 0 Å². The Balaban J connectivity index is 1.29. The maximum absolute atomic E-state index is 12.2. The van der Waals surface area contributed by atoms with Gasteiger partial charge in [-0.3, -0.25) is 9.69 Å². The molecule has 1 N–H and O–H groups in total. The molecule has 2 fully saturated rings. The number of carbonyl (C=O) groups excluding carboxylic acids is 1. The van der Waals surface area contributed by atoms with Crippen molar-refractivity contribution in [3.63, 3.8) is 0 Å². The fraction of sp³-hybridized carbons (Fsp3) is 0.400. The van der Waals surface area contributed by atoms with Crippen LogP contribution < -0.4 is 5.32 Å². The molecule has 3 aromatic rings. The molecule has 6 nitrogen and oxygen atoms in total. The van der Waals surface area contributed by atoms with Gasteiger partial charge in [0.2, 0.25) is 5.89 Å². The zero-order valence-corrected chi connectivity index (χ0v) is 19.3. The predicted octanol–water partition coefficient (Wildman–Crippen LogP) is 5.00. The largest absolute Gasteiger partial charge is 0.409 e. The molecule has 0 saturated heterocycles. The Bertz CT molecular complexity index is 1170. The van der Waals surface area contributed by atoms with E-state index < -0.39 is 0 Å². The van der Waals surface area contributed by atoms with E-state index in [1.165, 1.54) is 29.5 Å². The Kier molecular flexibility index (Phi) is 5.69. The predicted molar refractivity (Wildman–Crippen MR) is 126 cm³/mol. The van der Waals surface area contributed by atoms with E-state index in [1.54, 1.807) is 4.68 Å². The lowest BCUT2D eigenvalue weighted by atomic mass is 10.1. The molecule has 0 bridgehead atoms. The number of nitrogens with one attached hydrogen (secondary N) is 1. The normalized spacial score (nSPS) is 15.8. The van der Waals surface area contributed by atoms with Crippen molar-refractivity contribution in [3.05, 3.63) is 69.6 Å². The SMILES string of the molecule is Cc1cc(C)cc(-c2nn(CN(Cc3ccc(C(=O)NC4CC4)cc3)C3CC3)c(=S)o2)c1. The van der Waals surface area contributed by atoms with Gasteiger partial charge in [0.05, 0.1) is 6.67 Å². The summed E-state index contributed by atoms with van der Waals surface area (Å²) < 4.78 is 7.61. The number of carbonyl (C=O) groups is 1. The molecule has 1 heterocycles. The molecular formula is C25H28N4O2S. The number of hydrogen-bond donors (Lipinski definition) is 1. The number of aryl methyl sites for hydroxylation is 2. The van der Waals surface area contributed by atoms with Crippen LogP contribution in [0.25, 0.3) is 11.5 Å². The minimum absolute atomic E-state index is 0.0194. The van der Waals surface area contributed by atoms with Crippen LogP contribution in [0.15, 0.2) is 46.9 Å². The van der Waals surface area contributed by atoms with E-state index in [0.29, 0.717) is 29.5 Å². The first-order valence-electron chi connectivity index (χ1n) is 11.2. The molecule has 32 heavy (non-hydrogen) atoms. The van der Waals surface area contributed by atoms with E-state index in [4.69, 9.17) is 16.6 Å². The topological polar surface area (TPSA) is 63.3 Å². The first-order chi connectivity index (χ1) is 15.4. The number of rotatable bonds is 8. The first-order valence-corrected chi connectivity index (χ1v) is 11.7. The highest BCUT2D eigenvalue weighted by Crippen LogP contribution is 2.29. The highest BCUT2D eigenvalue weighted by molar-refractivity contribution is 7.71.